The van der Waals surface area contributed by atoms with Gasteiger partial charge in [0, 0.05) is 33.1 Å². The second kappa shape index (κ2) is 7.47. The van der Waals surface area contributed by atoms with Gasteiger partial charge in [0.2, 0.25) is 0 Å². The Labute approximate surface area is 143 Å². The fraction of sp³-hybridized carbons (Fsp3) is 0.500. The van der Waals surface area contributed by atoms with Crippen molar-refractivity contribution in [3.05, 3.63) is 47.0 Å². The van der Waals surface area contributed by atoms with Crippen LogP contribution in [0.5, 0.6) is 0 Å². The van der Waals surface area contributed by atoms with E-state index in [1.807, 2.05) is 0 Å². The number of aliphatic imine (C=N–C) groups is 1. The van der Waals surface area contributed by atoms with Gasteiger partial charge in [-0.15, -0.1) is 10.2 Å². The zero-order valence-electron chi connectivity index (χ0n) is 14.8. The molecule has 1 aliphatic rings. The van der Waals surface area contributed by atoms with Crippen LogP contribution in [0.3, 0.4) is 0 Å². The van der Waals surface area contributed by atoms with Crippen LogP contribution in [0.1, 0.15) is 36.1 Å². The highest BCUT2D eigenvalue weighted by atomic mass is 15.3. The molecule has 0 fully saturated rings. The van der Waals surface area contributed by atoms with Crippen molar-refractivity contribution in [2.24, 2.45) is 4.99 Å². The van der Waals surface area contributed by atoms with Gasteiger partial charge in [0.05, 0.1) is 0 Å². The summed E-state index contributed by atoms with van der Waals surface area (Å²) in [7, 11) is 2.07. The van der Waals surface area contributed by atoms with Crippen LogP contribution < -0.4 is 5.32 Å². The van der Waals surface area contributed by atoms with Crippen molar-refractivity contribution in [2.75, 3.05) is 13.6 Å². The van der Waals surface area contributed by atoms with E-state index in [1.165, 1.54) is 11.1 Å². The molecule has 0 radical (unpaired) electrons. The summed E-state index contributed by atoms with van der Waals surface area (Å²) in [5.41, 5.74) is 2.62. The Bertz CT molecular complexity index is 718. The Balaban J connectivity index is 1.72. The minimum atomic E-state index is 0.563. The maximum atomic E-state index is 4.77. The SMILES string of the molecule is CCNC(=NCc1nnc2n1CCC2)N(C)Cc1ccccc1C. The van der Waals surface area contributed by atoms with Crippen molar-refractivity contribution in [3.8, 4) is 0 Å². The van der Waals surface area contributed by atoms with Crippen LogP contribution in [0, 0.1) is 6.92 Å². The molecule has 0 saturated heterocycles. The van der Waals surface area contributed by atoms with Gasteiger partial charge in [0.25, 0.3) is 0 Å². The number of nitrogens with one attached hydrogen (secondary N) is 1. The molecule has 2 aromatic rings. The average molecular weight is 326 g/mol. The Morgan fingerprint density at radius 1 is 1.33 bits per heavy atom. The molecule has 128 valence electrons. The third kappa shape index (κ3) is 3.58. The highest BCUT2D eigenvalue weighted by Crippen LogP contribution is 2.15. The van der Waals surface area contributed by atoms with Crippen LogP contribution in [0.2, 0.25) is 0 Å². The molecule has 6 nitrogen and oxygen atoms in total. The number of aryl methyl sites for hydroxylation is 2. The second-order valence-corrected chi connectivity index (χ2v) is 6.24. The predicted molar refractivity (Wildman–Crippen MR) is 95.8 cm³/mol. The van der Waals surface area contributed by atoms with Gasteiger partial charge >= 0.3 is 0 Å². The van der Waals surface area contributed by atoms with E-state index in [1.54, 1.807) is 0 Å². The number of fused-ring (bicyclic) bond motifs is 1. The Morgan fingerprint density at radius 3 is 2.96 bits per heavy atom. The van der Waals surface area contributed by atoms with E-state index < -0.39 is 0 Å². The summed E-state index contributed by atoms with van der Waals surface area (Å²) in [5.74, 6) is 2.96. The summed E-state index contributed by atoms with van der Waals surface area (Å²) in [6.07, 6.45) is 2.19. The summed E-state index contributed by atoms with van der Waals surface area (Å²) in [6, 6.07) is 8.47. The van der Waals surface area contributed by atoms with E-state index >= 15 is 0 Å². The van der Waals surface area contributed by atoms with Gasteiger partial charge in [-0.05, 0) is 31.4 Å². The quantitative estimate of drug-likeness (QED) is 0.675. The minimum Gasteiger partial charge on any atom is -0.357 e. The van der Waals surface area contributed by atoms with Crippen LogP contribution in [-0.4, -0.2) is 39.2 Å². The lowest BCUT2D eigenvalue weighted by Crippen LogP contribution is -2.38. The highest BCUT2D eigenvalue weighted by molar-refractivity contribution is 5.79. The standard InChI is InChI=1S/C18H26N6/c1-4-19-18(23(3)13-15-9-6-5-8-14(15)2)20-12-17-22-21-16-10-7-11-24(16)17/h5-6,8-9H,4,7,10-13H2,1-3H3,(H,19,20). The number of benzene rings is 1. The highest BCUT2D eigenvalue weighted by Gasteiger charge is 2.17. The van der Waals surface area contributed by atoms with Crippen molar-refractivity contribution in [3.63, 3.8) is 0 Å². The van der Waals surface area contributed by atoms with Crippen molar-refractivity contribution < 1.29 is 0 Å². The molecular weight excluding hydrogens is 300 g/mol. The third-order valence-corrected chi connectivity index (χ3v) is 4.42. The van der Waals surface area contributed by atoms with Crippen LogP contribution >= 0.6 is 0 Å². The first-order valence-electron chi connectivity index (χ1n) is 8.64. The summed E-state index contributed by atoms with van der Waals surface area (Å²) >= 11 is 0. The number of aromatic nitrogens is 3. The first-order chi connectivity index (χ1) is 11.7. The van der Waals surface area contributed by atoms with Crippen LogP contribution in [-0.2, 0) is 26.1 Å². The number of guanidine groups is 1. The molecule has 3 rings (SSSR count). The molecule has 0 atom stereocenters. The maximum absolute atomic E-state index is 4.77. The second-order valence-electron chi connectivity index (χ2n) is 6.24. The zero-order valence-corrected chi connectivity index (χ0v) is 14.8. The minimum absolute atomic E-state index is 0.563. The number of hydrogen-bond donors (Lipinski definition) is 1. The fourth-order valence-corrected chi connectivity index (χ4v) is 3.06. The summed E-state index contributed by atoms with van der Waals surface area (Å²) in [4.78, 5) is 6.93. The fourth-order valence-electron chi connectivity index (χ4n) is 3.06. The van der Waals surface area contributed by atoms with E-state index in [2.05, 4.69) is 70.1 Å². The van der Waals surface area contributed by atoms with Crippen molar-refractivity contribution in [1.82, 2.24) is 25.0 Å². The average Bonchev–Trinajstić information content (AvgIpc) is 3.17. The molecule has 0 saturated carbocycles. The smallest absolute Gasteiger partial charge is 0.194 e. The summed E-state index contributed by atoms with van der Waals surface area (Å²) in [6.45, 7) is 7.49. The van der Waals surface area contributed by atoms with Crippen molar-refractivity contribution in [1.29, 1.82) is 0 Å². The summed E-state index contributed by atoms with van der Waals surface area (Å²) in [5, 5.41) is 11.9. The molecule has 1 aromatic carbocycles. The van der Waals surface area contributed by atoms with Gasteiger partial charge in [0.1, 0.15) is 12.4 Å². The van der Waals surface area contributed by atoms with E-state index in [0.717, 1.165) is 50.1 Å². The van der Waals surface area contributed by atoms with E-state index in [9.17, 15) is 0 Å². The van der Waals surface area contributed by atoms with Gasteiger partial charge in [-0.2, -0.15) is 0 Å². The van der Waals surface area contributed by atoms with Gasteiger partial charge < -0.3 is 14.8 Å². The van der Waals surface area contributed by atoms with Gasteiger partial charge in [-0.25, -0.2) is 4.99 Å². The molecular formula is C18H26N6. The van der Waals surface area contributed by atoms with Gasteiger partial charge in [-0.1, -0.05) is 24.3 Å². The number of nitrogens with zero attached hydrogens (tertiary/aromatic N) is 5. The molecule has 0 aliphatic carbocycles. The number of hydrogen-bond acceptors (Lipinski definition) is 3. The van der Waals surface area contributed by atoms with Gasteiger partial charge in [0.15, 0.2) is 11.8 Å². The Hall–Kier alpha value is -2.37. The molecule has 1 aliphatic heterocycles. The molecule has 0 unspecified atom stereocenters. The monoisotopic (exact) mass is 326 g/mol. The summed E-state index contributed by atoms with van der Waals surface area (Å²) < 4.78 is 2.20. The van der Waals surface area contributed by atoms with E-state index in [-0.39, 0.29) is 0 Å². The molecule has 1 N–H and O–H groups in total. The normalized spacial score (nSPS) is 13.9. The molecule has 6 heteroatoms. The maximum Gasteiger partial charge on any atom is 0.194 e. The molecule has 24 heavy (non-hydrogen) atoms. The van der Waals surface area contributed by atoms with Crippen molar-refractivity contribution >= 4 is 5.96 Å². The first kappa shape index (κ1) is 16.5. The van der Waals surface area contributed by atoms with Gasteiger partial charge in [-0.3, -0.25) is 0 Å². The largest absolute Gasteiger partial charge is 0.357 e. The molecule has 0 bridgehead atoms. The lowest BCUT2D eigenvalue weighted by atomic mass is 10.1. The topological polar surface area (TPSA) is 58.3 Å². The zero-order chi connectivity index (χ0) is 16.9. The van der Waals surface area contributed by atoms with Crippen LogP contribution in [0.25, 0.3) is 0 Å². The van der Waals surface area contributed by atoms with E-state index in [4.69, 9.17) is 4.99 Å². The van der Waals surface area contributed by atoms with Crippen LogP contribution in [0.4, 0.5) is 0 Å². The van der Waals surface area contributed by atoms with Crippen LogP contribution in [0.15, 0.2) is 29.3 Å². The predicted octanol–water partition coefficient (Wildman–Crippen LogP) is 2.13. The number of rotatable bonds is 5. The molecule has 0 spiro atoms. The van der Waals surface area contributed by atoms with E-state index in [0.29, 0.717) is 6.54 Å². The Morgan fingerprint density at radius 2 is 2.17 bits per heavy atom. The molecule has 0 amide bonds. The third-order valence-electron chi connectivity index (χ3n) is 4.42. The molecule has 1 aromatic heterocycles. The lowest BCUT2D eigenvalue weighted by Gasteiger charge is -2.23. The first-order valence-corrected chi connectivity index (χ1v) is 8.64. The molecule has 2 heterocycles. The lowest BCUT2D eigenvalue weighted by molar-refractivity contribution is 0.474. The van der Waals surface area contributed by atoms with Crippen molar-refractivity contribution in [2.45, 2.75) is 46.3 Å². The Kier molecular flexibility index (Phi) is 5.13.